The zero-order chi connectivity index (χ0) is 14.9. The van der Waals surface area contributed by atoms with E-state index in [9.17, 15) is 0 Å². The van der Waals surface area contributed by atoms with E-state index in [0.29, 0.717) is 17.6 Å². The van der Waals surface area contributed by atoms with Gasteiger partial charge >= 0.3 is 0 Å². The second kappa shape index (κ2) is 5.79. The van der Waals surface area contributed by atoms with Gasteiger partial charge in [-0.25, -0.2) is 9.97 Å². The highest BCUT2D eigenvalue weighted by Gasteiger charge is 2.15. The van der Waals surface area contributed by atoms with Crippen LogP contribution >= 0.6 is 15.9 Å². The SMILES string of the molecule is COc1ccc(Br)c(-c2nc(C)c(C(C)C)c(N)n2)c1. The van der Waals surface area contributed by atoms with Crippen LogP contribution in [0.4, 0.5) is 5.82 Å². The Morgan fingerprint density at radius 1 is 1.25 bits per heavy atom. The van der Waals surface area contributed by atoms with E-state index in [1.807, 2.05) is 25.1 Å². The monoisotopic (exact) mass is 335 g/mol. The molecule has 0 bridgehead atoms. The number of nitrogens with zero attached hydrogens (tertiary/aromatic N) is 2. The fourth-order valence-electron chi connectivity index (χ4n) is 2.24. The van der Waals surface area contributed by atoms with Crippen LogP contribution in [0.5, 0.6) is 5.75 Å². The molecule has 2 N–H and O–H groups in total. The molecule has 0 saturated heterocycles. The van der Waals surface area contributed by atoms with Crippen LogP contribution in [0, 0.1) is 6.92 Å². The highest BCUT2D eigenvalue weighted by molar-refractivity contribution is 9.10. The van der Waals surface area contributed by atoms with E-state index in [1.54, 1.807) is 7.11 Å². The Bertz CT molecular complexity index is 618. The zero-order valence-electron chi connectivity index (χ0n) is 12.1. The number of hydrogen-bond donors (Lipinski definition) is 1. The number of methoxy groups -OCH3 is 1. The predicted molar refractivity (Wildman–Crippen MR) is 85.0 cm³/mol. The number of halogens is 1. The molecule has 1 aromatic heterocycles. The van der Waals surface area contributed by atoms with Gasteiger partial charge in [0.2, 0.25) is 0 Å². The largest absolute Gasteiger partial charge is 0.497 e. The minimum atomic E-state index is 0.304. The van der Waals surface area contributed by atoms with Crippen LogP contribution < -0.4 is 10.5 Å². The molecule has 0 saturated carbocycles. The topological polar surface area (TPSA) is 61.0 Å². The fraction of sp³-hybridized carbons (Fsp3) is 0.333. The number of aromatic nitrogens is 2. The normalized spacial score (nSPS) is 10.9. The Morgan fingerprint density at radius 3 is 2.50 bits per heavy atom. The maximum Gasteiger partial charge on any atom is 0.163 e. The fourth-order valence-corrected chi connectivity index (χ4v) is 2.66. The van der Waals surface area contributed by atoms with Crippen molar-refractivity contribution in [2.75, 3.05) is 12.8 Å². The van der Waals surface area contributed by atoms with Gasteiger partial charge in [0.15, 0.2) is 5.82 Å². The van der Waals surface area contributed by atoms with E-state index in [1.165, 1.54) is 0 Å². The lowest BCUT2D eigenvalue weighted by atomic mass is 10.0. The number of benzene rings is 1. The standard InChI is InChI=1S/C15H18BrN3O/c1-8(2)13-9(3)18-15(19-14(13)17)11-7-10(20-4)5-6-12(11)16/h5-8H,1-4H3,(H2,17,18,19). The third-order valence-corrected chi connectivity index (χ3v) is 3.85. The van der Waals surface area contributed by atoms with E-state index in [2.05, 4.69) is 39.7 Å². The lowest BCUT2D eigenvalue weighted by Gasteiger charge is -2.14. The number of nitrogen functional groups attached to an aromatic ring is 1. The average molecular weight is 336 g/mol. The van der Waals surface area contributed by atoms with Gasteiger partial charge in [0.05, 0.1) is 7.11 Å². The zero-order valence-corrected chi connectivity index (χ0v) is 13.7. The van der Waals surface area contributed by atoms with Crippen molar-refractivity contribution < 1.29 is 4.74 Å². The van der Waals surface area contributed by atoms with Gasteiger partial charge in [0.25, 0.3) is 0 Å². The van der Waals surface area contributed by atoms with E-state index < -0.39 is 0 Å². The minimum Gasteiger partial charge on any atom is -0.497 e. The number of aryl methyl sites for hydroxylation is 1. The molecule has 4 nitrogen and oxygen atoms in total. The summed E-state index contributed by atoms with van der Waals surface area (Å²) in [5.41, 5.74) is 8.87. The van der Waals surface area contributed by atoms with Crippen LogP contribution in [0.3, 0.4) is 0 Å². The summed E-state index contributed by atoms with van der Waals surface area (Å²) in [6, 6.07) is 5.69. The number of rotatable bonds is 3. The average Bonchev–Trinajstić information content (AvgIpc) is 2.37. The number of ether oxygens (including phenoxy) is 1. The molecular weight excluding hydrogens is 318 g/mol. The van der Waals surface area contributed by atoms with Crippen LogP contribution in [0.2, 0.25) is 0 Å². The van der Waals surface area contributed by atoms with Gasteiger partial charge in [-0.1, -0.05) is 29.8 Å². The molecule has 0 atom stereocenters. The second-order valence-corrected chi connectivity index (χ2v) is 5.79. The van der Waals surface area contributed by atoms with Crippen molar-refractivity contribution in [1.29, 1.82) is 0 Å². The molecule has 0 amide bonds. The van der Waals surface area contributed by atoms with Crippen LogP contribution in [-0.2, 0) is 0 Å². The molecule has 5 heteroatoms. The molecule has 0 radical (unpaired) electrons. The summed E-state index contributed by atoms with van der Waals surface area (Å²) in [4.78, 5) is 9.03. The summed E-state index contributed by atoms with van der Waals surface area (Å²) in [6.07, 6.45) is 0. The molecule has 2 rings (SSSR count). The van der Waals surface area contributed by atoms with Crippen molar-refractivity contribution in [3.05, 3.63) is 33.9 Å². The van der Waals surface area contributed by atoms with Crippen molar-refractivity contribution in [2.24, 2.45) is 0 Å². The summed E-state index contributed by atoms with van der Waals surface area (Å²) in [5.74, 6) is 2.21. The Morgan fingerprint density at radius 2 is 1.95 bits per heavy atom. The molecule has 0 spiro atoms. The van der Waals surface area contributed by atoms with Crippen LogP contribution in [-0.4, -0.2) is 17.1 Å². The minimum absolute atomic E-state index is 0.304. The summed E-state index contributed by atoms with van der Waals surface area (Å²) < 4.78 is 6.16. The molecule has 0 aliphatic rings. The molecule has 106 valence electrons. The number of hydrogen-bond acceptors (Lipinski definition) is 4. The van der Waals surface area contributed by atoms with Crippen molar-refractivity contribution in [2.45, 2.75) is 26.7 Å². The van der Waals surface area contributed by atoms with Crippen molar-refractivity contribution in [3.63, 3.8) is 0 Å². The summed E-state index contributed by atoms with van der Waals surface area (Å²) in [6.45, 7) is 6.14. The third-order valence-electron chi connectivity index (χ3n) is 3.16. The van der Waals surface area contributed by atoms with Gasteiger partial charge < -0.3 is 10.5 Å². The van der Waals surface area contributed by atoms with Crippen molar-refractivity contribution in [1.82, 2.24) is 9.97 Å². The van der Waals surface area contributed by atoms with Gasteiger partial charge in [-0.2, -0.15) is 0 Å². The van der Waals surface area contributed by atoms with E-state index in [0.717, 1.165) is 27.0 Å². The van der Waals surface area contributed by atoms with Crippen molar-refractivity contribution >= 4 is 21.7 Å². The molecule has 0 fully saturated rings. The van der Waals surface area contributed by atoms with Gasteiger partial charge in [-0.05, 0) is 31.0 Å². The maximum absolute atomic E-state index is 6.08. The summed E-state index contributed by atoms with van der Waals surface area (Å²) >= 11 is 3.52. The smallest absolute Gasteiger partial charge is 0.163 e. The summed E-state index contributed by atoms with van der Waals surface area (Å²) in [7, 11) is 1.63. The Hall–Kier alpha value is -1.62. The molecule has 1 heterocycles. The van der Waals surface area contributed by atoms with Gasteiger partial charge in [0, 0.05) is 21.3 Å². The quantitative estimate of drug-likeness (QED) is 0.923. The Balaban J connectivity index is 2.59. The second-order valence-electron chi connectivity index (χ2n) is 4.93. The van der Waals surface area contributed by atoms with Gasteiger partial charge in [-0.3, -0.25) is 0 Å². The molecule has 0 aliphatic carbocycles. The predicted octanol–water partition coefficient (Wildman–Crippen LogP) is 3.93. The number of nitrogens with two attached hydrogens (primary N) is 1. The first-order valence-electron chi connectivity index (χ1n) is 6.42. The molecule has 0 unspecified atom stereocenters. The molecule has 0 aliphatic heterocycles. The highest BCUT2D eigenvalue weighted by Crippen LogP contribution is 2.32. The Labute approximate surface area is 127 Å². The highest BCUT2D eigenvalue weighted by atomic mass is 79.9. The molecule has 2 aromatic rings. The summed E-state index contributed by atoms with van der Waals surface area (Å²) in [5, 5.41) is 0. The lowest BCUT2D eigenvalue weighted by molar-refractivity contribution is 0.415. The lowest BCUT2D eigenvalue weighted by Crippen LogP contribution is -2.06. The maximum atomic E-state index is 6.08. The van der Waals surface area contributed by atoms with Crippen molar-refractivity contribution in [3.8, 4) is 17.1 Å². The van der Waals surface area contributed by atoms with E-state index in [-0.39, 0.29) is 0 Å². The number of anilines is 1. The van der Waals surface area contributed by atoms with Gasteiger partial charge in [-0.15, -0.1) is 0 Å². The molecular formula is C15H18BrN3O. The van der Waals surface area contributed by atoms with E-state index in [4.69, 9.17) is 10.5 Å². The first kappa shape index (κ1) is 14.8. The van der Waals surface area contributed by atoms with Gasteiger partial charge in [0.1, 0.15) is 11.6 Å². The first-order chi connectivity index (χ1) is 9.43. The Kier molecular flexibility index (Phi) is 4.28. The van der Waals surface area contributed by atoms with Crippen LogP contribution in [0.25, 0.3) is 11.4 Å². The third kappa shape index (κ3) is 2.77. The van der Waals surface area contributed by atoms with E-state index >= 15 is 0 Å². The first-order valence-corrected chi connectivity index (χ1v) is 7.21. The molecule has 20 heavy (non-hydrogen) atoms. The van der Waals surface area contributed by atoms with Crippen LogP contribution in [0.1, 0.15) is 31.0 Å². The molecule has 1 aromatic carbocycles. The van der Waals surface area contributed by atoms with Crippen LogP contribution in [0.15, 0.2) is 22.7 Å².